The number of fused-ring (bicyclic) bond motifs is 3. The van der Waals surface area contributed by atoms with Crippen LogP contribution in [0.5, 0.6) is 0 Å². The lowest BCUT2D eigenvalue weighted by Gasteiger charge is -2.23. The molecule has 0 radical (unpaired) electrons. The minimum absolute atomic E-state index is 0.0349. The standard InChI is InChI=1S/C20H15ClF4N4O/c21-14-8-11(20(23,24)25)9-16-17(14)27-18(26-16)13-2-1-10(7-15(13)22)19(30)29-12-3-5-28(29)6-4-12/h1-2,7-9,12H,3-6H2,(H,26,27). The third-order valence-electron chi connectivity index (χ3n) is 5.64. The summed E-state index contributed by atoms with van der Waals surface area (Å²) in [7, 11) is 0. The summed E-state index contributed by atoms with van der Waals surface area (Å²) in [6.07, 6.45) is -2.75. The SMILES string of the molecule is O=C(c1ccc(-c2nc3c(Cl)cc(C(F)(F)F)cc3[nH]2)c(F)c1)N1C2CCN1CC2. The van der Waals surface area contributed by atoms with Crippen molar-refractivity contribution < 1.29 is 22.4 Å². The molecule has 2 aromatic carbocycles. The van der Waals surface area contributed by atoms with Crippen molar-refractivity contribution in [2.24, 2.45) is 0 Å². The molecule has 3 heterocycles. The van der Waals surface area contributed by atoms with Gasteiger partial charge in [-0.3, -0.25) is 9.80 Å². The first-order chi connectivity index (χ1) is 14.2. The zero-order chi connectivity index (χ0) is 21.2. The first kappa shape index (κ1) is 19.3. The molecule has 5 rings (SSSR count). The molecule has 2 aliphatic heterocycles. The number of hydrogen-bond donors (Lipinski definition) is 1. The molecule has 0 spiro atoms. The number of carbonyl (C=O) groups excluding carboxylic acids is 1. The number of aromatic amines is 1. The third-order valence-corrected chi connectivity index (χ3v) is 5.93. The Morgan fingerprint density at radius 1 is 1.17 bits per heavy atom. The fourth-order valence-electron chi connectivity index (χ4n) is 4.18. The van der Waals surface area contributed by atoms with Gasteiger partial charge >= 0.3 is 6.18 Å². The number of alkyl halides is 3. The molecule has 1 aromatic heterocycles. The number of nitrogens with zero attached hydrogens (tertiary/aromatic N) is 3. The second-order valence-corrected chi connectivity index (χ2v) is 7.87. The highest BCUT2D eigenvalue weighted by molar-refractivity contribution is 6.35. The molecule has 30 heavy (non-hydrogen) atoms. The maximum Gasteiger partial charge on any atom is 0.416 e. The minimum atomic E-state index is -4.57. The monoisotopic (exact) mass is 438 g/mol. The fraction of sp³-hybridized carbons (Fsp3) is 0.300. The number of halogens is 5. The average molecular weight is 439 g/mol. The molecular weight excluding hydrogens is 424 g/mol. The van der Waals surface area contributed by atoms with Gasteiger partial charge in [0.15, 0.2) is 0 Å². The van der Waals surface area contributed by atoms with Crippen molar-refractivity contribution in [1.29, 1.82) is 0 Å². The summed E-state index contributed by atoms with van der Waals surface area (Å²) in [6, 6.07) is 5.84. The summed E-state index contributed by atoms with van der Waals surface area (Å²) < 4.78 is 53.8. The number of nitrogens with one attached hydrogen (secondary N) is 1. The Morgan fingerprint density at radius 2 is 1.90 bits per heavy atom. The van der Waals surface area contributed by atoms with Crippen LogP contribution in [-0.2, 0) is 6.18 Å². The van der Waals surface area contributed by atoms with E-state index >= 15 is 0 Å². The summed E-state index contributed by atoms with van der Waals surface area (Å²) in [5.74, 6) is -0.927. The van der Waals surface area contributed by atoms with Gasteiger partial charge in [0.2, 0.25) is 0 Å². The molecule has 5 nitrogen and oxygen atoms in total. The summed E-state index contributed by atoms with van der Waals surface area (Å²) in [5, 5.41) is 3.47. The van der Waals surface area contributed by atoms with E-state index in [2.05, 4.69) is 9.97 Å². The Balaban J connectivity index is 1.49. The number of H-pyrrole nitrogens is 1. The van der Waals surface area contributed by atoms with Crippen LogP contribution in [0.2, 0.25) is 5.02 Å². The van der Waals surface area contributed by atoms with Crippen LogP contribution in [0.3, 0.4) is 0 Å². The summed E-state index contributed by atoms with van der Waals surface area (Å²) in [4.78, 5) is 19.6. The van der Waals surface area contributed by atoms with E-state index in [1.54, 1.807) is 5.01 Å². The fourth-order valence-corrected chi connectivity index (χ4v) is 4.44. The van der Waals surface area contributed by atoms with Crippen LogP contribution in [0.25, 0.3) is 22.4 Å². The van der Waals surface area contributed by atoms with Gasteiger partial charge < -0.3 is 4.98 Å². The van der Waals surface area contributed by atoms with E-state index < -0.39 is 17.6 Å². The normalized spacial score (nSPS) is 21.0. The summed E-state index contributed by atoms with van der Waals surface area (Å²) in [6.45, 7) is 1.63. The number of hydrazine groups is 1. The quantitative estimate of drug-likeness (QED) is 0.580. The average Bonchev–Trinajstić information content (AvgIpc) is 3.40. The van der Waals surface area contributed by atoms with Gasteiger partial charge in [-0.1, -0.05) is 11.6 Å². The molecule has 0 atom stereocenters. The highest BCUT2D eigenvalue weighted by Crippen LogP contribution is 2.36. The molecule has 3 aromatic rings. The molecular formula is C20H15ClF4N4O. The summed E-state index contributed by atoms with van der Waals surface area (Å²) >= 11 is 5.95. The van der Waals surface area contributed by atoms with Gasteiger partial charge in [-0.2, -0.15) is 13.2 Å². The molecule has 1 N–H and O–H groups in total. The van der Waals surface area contributed by atoms with Crippen LogP contribution in [0.4, 0.5) is 17.6 Å². The van der Waals surface area contributed by atoms with Crippen LogP contribution in [0.15, 0.2) is 30.3 Å². The number of aromatic nitrogens is 2. The molecule has 2 fully saturated rings. The molecule has 0 saturated carbocycles. The van der Waals surface area contributed by atoms with Gasteiger partial charge in [-0.05, 0) is 43.2 Å². The predicted octanol–water partition coefficient (Wildman–Crippen LogP) is 4.88. The lowest BCUT2D eigenvalue weighted by Crippen LogP contribution is -2.38. The Hall–Kier alpha value is -2.65. The van der Waals surface area contributed by atoms with Crippen LogP contribution in [-0.4, -0.2) is 45.0 Å². The number of amides is 1. The zero-order valence-electron chi connectivity index (χ0n) is 15.4. The van der Waals surface area contributed by atoms with Crippen molar-refractivity contribution in [2.75, 3.05) is 13.1 Å². The van der Waals surface area contributed by atoms with Gasteiger partial charge in [-0.25, -0.2) is 14.4 Å². The first-order valence-corrected chi connectivity index (χ1v) is 9.75. The van der Waals surface area contributed by atoms with Crippen molar-refractivity contribution >= 4 is 28.5 Å². The van der Waals surface area contributed by atoms with Gasteiger partial charge in [-0.15, -0.1) is 0 Å². The lowest BCUT2D eigenvalue weighted by atomic mass is 10.1. The van der Waals surface area contributed by atoms with E-state index in [0.29, 0.717) is 0 Å². The van der Waals surface area contributed by atoms with Crippen LogP contribution >= 0.6 is 11.6 Å². The Bertz CT molecular complexity index is 1160. The third kappa shape index (κ3) is 3.04. The van der Waals surface area contributed by atoms with E-state index in [4.69, 9.17) is 11.6 Å². The summed E-state index contributed by atoms with van der Waals surface area (Å²) in [5.41, 5.74) is -0.515. The largest absolute Gasteiger partial charge is 0.416 e. The second kappa shape index (κ2) is 6.68. The number of rotatable bonds is 2. The topological polar surface area (TPSA) is 52.2 Å². The molecule has 2 aliphatic rings. The predicted molar refractivity (Wildman–Crippen MR) is 102 cm³/mol. The van der Waals surface area contributed by atoms with Crippen LogP contribution in [0.1, 0.15) is 28.8 Å². The Morgan fingerprint density at radius 3 is 2.50 bits per heavy atom. The number of piperidine rings is 1. The number of carbonyl (C=O) groups is 1. The maximum absolute atomic E-state index is 14.8. The Labute approximate surface area is 173 Å². The van der Waals surface area contributed by atoms with Gasteiger partial charge in [0.05, 0.1) is 27.7 Å². The maximum atomic E-state index is 14.8. The Kier molecular flexibility index (Phi) is 4.30. The van der Waals surface area contributed by atoms with E-state index in [1.165, 1.54) is 12.1 Å². The van der Waals surface area contributed by atoms with Crippen molar-refractivity contribution in [3.8, 4) is 11.4 Å². The smallest absolute Gasteiger partial charge is 0.338 e. The van der Waals surface area contributed by atoms with Crippen LogP contribution in [0, 0.1) is 5.82 Å². The van der Waals surface area contributed by atoms with Gasteiger partial charge in [0.25, 0.3) is 5.91 Å². The van der Waals surface area contributed by atoms with E-state index in [1.807, 2.05) is 5.01 Å². The molecule has 1 amide bonds. The minimum Gasteiger partial charge on any atom is -0.338 e. The molecule has 0 aliphatic carbocycles. The second-order valence-electron chi connectivity index (χ2n) is 7.47. The van der Waals surface area contributed by atoms with E-state index in [0.717, 1.165) is 44.1 Å². The van der Waals surface area contributed by atoms with Crippen molar-refractivity contribution in [1.82, 2.24) is 20.0 Å². The zero-order valence-corrected chi connectivity index (χ0v) is 16.2. The van der Waals surface area contributed by atoms with E-state index in [9.17, 15) is 22.4 Å². The molecule has 10 heteroatoms. The van der Waals surface area contributed by atoms with Gasteiger partial charge in [0, 0.05) is 18.7 Å². The van der Waals surface area contributed by atoms with E-state index in [-0.39, 0.29) is 45.0 Å². The highest BCUT2D eigenvalue weighted by Gasteiger charge is 2.41. The van der Waals surface area contributed by atoms with Crippen molar-refractivity contribution in [3.63, 3.8) is 0 Å². The first-order valence-electron chi connectivity index (χ1n) is 9.37. The molecule has 156 valence electrons. The number of imidazole rings is 1. The van der Waals surface area contributed by atoms with Crippen molar-refractivity contribution in [2.45, 2.75) is 25.1 Å². The molecule has 2 saturated heterocycles. The lowest BCUT2D eigenvalue weighted by molar-refractivity contribution is -0.137. The number of benzene rings is 2. The molecule has 2 bridgehead atoms. The van der Waals surface area contributed by atoms with Crippen molar-refractivity contribution in [3.05, 3.63) is 52.3 Å². The van der Waals surface area contributed by atoms with Crippen LogP contribution < -0.4 is 0 Å². The van der Waals surface area contributed by atoms with Gasteiger partial charge in [0.1, 0.15) is 17.2 Å². The molecule has 0 unspecified atom stereocenters. The number of hydrogen-bond acceptors (Lipinski definition) is 3. The highest BCUT2D eigenvalue weighted by atomic mass is 35.5.